The first-order valence-corrected chi connectivity index (χ1v) is 9.83. The van der Waals surface area contributed by atoms with Crippen molar-refractivity contribution >= 4 is 45.2 Å². The third kappa shape index (κ3) is 2.45. The van der Waals surface area contributed by atoms with Gasteiger partial charge in [-0.1, -0.05) is 18.7 Å². The number of rotatable bonds is 4. The number of fused-ring (bicyclic) bond motifs is 2. The highest BCUT2D eigenvalue weighted by atomic mass is 32.2. The molecule has 2 aliphatic heterocycles. The van der Waals surface area contributed by atoms with Crippen molar-refractivity contribution in [2.24, 2.45) is 18.9 Å². The van der Waals surface area contributed by atoms with E-state index in [0.29, 0.717) is 4.91 Å². The summed E-state index contributed by atoms with van der Waals surface area (Å²) < 4.78 is 3.63. The number of hydrogen-bond acceptors (Lipinski definition) is 7. The first-order chi connectivity index (χ1) is 12.3. The number of aliphatic hydroxyl groups excluding tert-OH is 1. The van der Waals surface area contributed by atoms with Crippen LogP contribution in [0, 0.1) is 11.8 Å². The second-order valence-corrected chi connectivity index (χ2v) is 9.02. The molecule has 4 heterocycles. The van der Waals surface area contributed by atoms with Crippen LogP contribution in [-0.2, 0) is 16.6 Å². The van der Waals surface area contributed by atoms with Gasteiger partial charge in [-0.05, 0) is 6.92 Å². The van der Waals surface area contributed by atoms with Crippen LogP contribution in [0.3, 0.4) is 0 Å². The number of carboxylic acids is 1. The van der Waals surface area contributed by atoms with Crippen molar-refractivity contribution in [3.63, 3.8) is 0 Å². The van der Waals surface area contributed by atoms with Gasteiger partial charge in [-0.15, -0.1) is 11.3 Å². The normalized spacial score (nSPS) is 26.2. The predicted octanol–water partition coefficient (Wildman–Crippen LogP) is 0.0319. The summed E-state index contributed by atoms with van der Waals surface area (Å²) in [5.74, 6) is -2.50. The fourth-order valence-electron chi connectivity index (χ4n) is 3.74. The molecule has 9 heteroatoms. The molecule has 1 amide bonds. The summed E-state index contributed by atoms with van der Waals surface area (Å²) in [6, 6.07) is 1.62. The monoisotopic (exact) mass is 391 g/mol. The Morgan fingerprint density at radius 1 is 1.54 bits per heavy atom. The van der Waals surface area contributed by atoms with Gasteiger partial charge in [0.05, 0.1) is 34.4 Å². The fraction of sp³-hybridized carbons (Fsp3) is 0.412. The van der Waals surface area contributed by atoms with Crippen molar-refractivity contribution in [3.8, 4) is 0 Å². The molecule has 1 N–H and O–H groups in total. The second kappa shape index (κ2) is 6.04. The summed E-state index contributed by atoms with van der Waals surface area (Å²) in [4.78, 5) is 30.5. The van der Waals surface area contributed by atoms with Crippen LogP contribution < -0.4 is 9.67 Å². The molecule has 7 nitrogen and oxygen atoms in total. The van der Waals surface area contributed by atoms with Gasteiger partial charge in [-0.3, -0.25) is 4.79 Å². The lowest BCUT2D eigenvalue weighted by atomic mass is 9.79. The zero-order valence-electron chi connectivity index (χ0n) is 14.4. The van der Waals surface area contributed by atoms with Crippen LogP contribution in [0.1, 0.15) is 13.8 Å². The average Bonchev–Trinajstić information content (AvgIpc) is 3.05. The lowest BCUT2D eigenvalue weighted by Crippen LogP contribution is -2.64. The molecule has 1 fully saturated rings. The van der Waals surface area contributed by atoms with E-state index in [1.165, 1.54) is 28.0 Å². The smallest absolute Gasteiger partial charge is 0.235 e. The summed E-state index contributed by atoms with van der Waals surface area (Å²) in [6.45, 7) is 3.44. The number of hydrogen-bond donors (Lipinski definition) is 1. The van der Waals surface area contributed by atoms with Crippen LogP contribution in [0.4, 0.5) is 0 Å². The number of thiazole rings is 1. The highest BCUT2D eigenvalue weighted by Crippen LogP contribution is 2.52. The van der Waals surface area contributed by atoms with Crippen LogP contribution in [0.5, 0.6) is 0 Å². The topological polar surface area (TPSA) is 97.4 Å². The van der Waals surface area contributed by atoms with Gasteiger partial charge >= 0.3 is 0 Å². The number of aliphatic hydroxyl groups is 1. The third-order valence-corrected chi connectivity index (χ3v) is 7.33. The number of β-lactam (4-membered cyclic amide) rings is 1. The Balaban J connectivity index is 1.72. The van der Waals surface area contributed by atoms with E-state index in [1.54, 1.807) is 6.92 Å². The van der Waals surface area contributed by atoms with Gasteiger partial charge in [-0.25, -0.2) is 9.55 Å². The molecule has 0 spiro atoms. The highest BCUT2D eigenvalue weighted by molar-refractivity contribution is 8.04. The molecular formula is C17H17N3O4S2. The summed E-state index contributed by atoms with van der Waals surface area (Å²) in [6.07, 6.45) is 3.01. The standard InChI is InChI=1S/C17H17N3O4S2/c1-7-12-11(8(2)21)15(22)20(12)13(16(23)24)14(7)26-17-18-9-6-19(3)5-4-10(9)25-17/h4-8,11-12,21H,1-3H3/t7-,8-,11-,12-/m1/s1. The number of amides is 1. The number of thioether (sulfide) groups is 1. The van der Waals surface area contributed by atoms with Gasteiger partial charge in [0.1, 0.15) is 12.6 Å². The van der Waals surface area contributed by atoms with Gasteiger partial charge in [0, 0.05) is 16.9 Å². The molecule has 2 aromatic rings. The van der Waals surface area contributed by atoms with Crippen molar-refractivity contribution < 1.29 is 24.4 Å². The van der Waals surface area contributed by atoms with E-state index in [4.69, 9.17) is 0 Å². The SMILES string of the molecule is C[C@@H](O)[C@H]1C(=O)N2C(C(=O)[O-])=C(Sc3nc4c[n+](C)ccc4s3)[C@H](C)[C@H]12. The Morgan fingerprint density at radius 3 is 2.92 bits per heavy atom. The average molecular weight is 391 g/mol. The maximum Gasteiger partial charge on any atom is 0.235 e. The summed E-state index contributed by atoms with van der Waals surface area (Å²) in [5.41, 5.74) is 0.754. The third-order valence-electron chi connectivity index (χ3n) is 4.95. The molecule has 0 radical (unpaired) electrons. The minimum absolute atomic E-state index is 0.0841. The molecule has 0 aliphatic carbocycles. The number of nitrogens with zero attached hydrogens (tertiary/aromatic N) is 3. The van der Waals surface area contributed by atoms with E-state index in [1.807, 2.05) is 37.0 Å². The predicted molar refractivity (Wildman–Crippen MR) is 93.7 cm³/mol. The number of carbonyl (C=O) groups is 2. The number of aryl methyl sites for hydroxylation is 1. The zero-order valence-corrected chi connectivity index (χ0v) is 16.0. The van der Waals surface area contributed by atoms with Crippen LogP contribution in [0.2, 0.25) is 0 Å². The Bertz CT molecular complexity index is 968. The van der Waals surface area contributed by atoms with Crippen LogP contribution >= 0.6 is 23.1 Å². The summed E-state index contributed by atoms with van der Waals surface area (Å²) >= 11 is 2.75. The minimum atomic E-state index is -1.37. The number of aromatic nitrogens is 2. The van der Waals surface area contributed by atoms with Crippen molar-refractivity contribution in [1.29, 1.82) is 0 Å². The van der Waals surface area contributed by atoms with Crippen molar-refractivity contribution in [2.45, 2.75) is 30.3 Å². The van der Waals surface area contributed by atoms with E-state index >= 15 is 0 Å². The maximum absolute atomic E-state index is 12.3. The largest absolute Gasteiger partial charge is 0.543 e. The van der Waals surface area contributed by atoms with E-state index in [-0.39, 0.29) is 23.6 Å². The molecule has 4 rings (SSSR count). The van der Waals surface area contributed by atoms with E-state index in [9.17, 15) is 19.8 Å². The number of pyridine rings is 1. The lowest BCUT2D eigenvalue weighted by Gasteiger charge is -2.47. The number of aliphatic carboxylic acids is 1. The van der Waals surface area contributed by atoms with Gasteiger partial charge in [-0.2, -0.15) is 0 Å². The van der Waals surface area contributed by atoms with Crippen LogP contribution in [-0.4, -0.2) is 39.0 Å². The van der Waals surface area contributed by atoms with Crippen molar-refractivity contribution in [3.05, 3.63) is 29.1 Å². The Morgan fingerprint density at radius 2 is 2.27 bits per heavy atom. The highest BCUT2D eigenvalue weighted by Gasteiger charge is 2.58. The molecule has 2 aromatic heterocycles. The molecule has 136 valence electrons. The second-order valence-electron chi connectivity index (χ2n) is 6.70. The molecule has 26 heavy (non-hydrogen) atoms. The molecule has 2 aliphatic rings. The molecule has 0 saturated carbocycles. The first kappa shape index (κ1) is 17.4. The van der Waals surface area contributed by atoms with Crippen molar-refractivity contribution in [2.75, 3.05) is 0 Å². The van der Waals surface area contributed by atoms with Crippen LogP contribution in [0.25, 0.3) is 10.2 Å². The molecule has 0 aromatic carbocycles. The van der Waals surface area contributed by atoms with E-state index < -0.39 is 18.0 Å². The van der Waals surface area contributed by atoms with Gasteiger partial charge in [0.15, 0.2) is 16.7 Å². The van der Waals surface area contributed by atoms with Crippen molar-refractivity contribution in [1.82, 2.24) is 9.88 Å². The molecule has 1 saturated heterocycles. The Kier molecular flexibility index (Phi) is 4.05. The molecular weight excluding hydrogens is 374 g/mol. The maximum atomic E-state index is 12.3. The molecule has 0 unspecified atom stereocenters. The van der Waals surface area contributed by atoms with Crippen LogP contribution in [0.15, 0.2) is 33.4 Å². The van der Waals surface area contributed by atoms with E-state index in [2.05, 4.69) is 4.98 Å². The molecule has 0 bridgehead atoms. The molecule has 4 atom stereocenters. The van der Waals surface area contributed by atoms with Gasteiger partial charge < -0.3 is 19.9 Å². The lowest BCUT2D eigenvalue weighted by molar-refractivity contribution is -0.670. The number of carboxylic acid groups (broad SMARTS) is 1. The Hall–Kier alpha value is -1.97. The summed E-state index contributed by atoms with van der Waals surface area (Å²) in [5, 5.41) is 21.6. The minimum Gasteiger partial charge on any atom is -0.543 e. The number of carbonyl (C=O) groups excluding carboxylic acids is 2. The fourth-order valence-corrected chi connectivity index (χ4v) is 6.05. The van der Waals surface area contributed by atoms with E-state index in [0.717, 1.165) is 14.6 Å². The summed E-state index contributed by atoms with van der Waals surface area (Å²) in [7, 11) is 1.91. The first-order valence-electron chi connectivity index (χ1n) is 8.20. The zero-order chi connectivity index (χ0) is 18.7. The quantitative estimate of drug-likeness (QED) is 0.584. The van der Waals surface area contributed by atoms with Gasteiger partial charge in [0.2, 0.25) is 5.91 Å². The van der Waals surface area contributed by atoms with Gasteiger partial charge in [0.25, 0.3) is 0 Å². The Labute approximate surface area is 158 Å².